The van der Waals surface area contributed by atoms with Crippen molar-refractivity contribution in [1.82, 2.24) is 0 Å². The molecule has 0 amide bonds. The topological polar surface area (TPSA) is 135 Å². The van der Waals surface area contributed by atoms with E-state index in [1.54, 1.807) is 6.92 Å². The molecule has 6 unspecified atom stereocenters. The zero-order chi connectivity index (χ0) is 30.1. The Balaban J connectivity index is 2.19. The Morgan fingerprint density at radius 2 is 1.37 bits per heavy atom. The predicted octanol–water partition coefficient (Wildman–Crippen LogP) is 4.06. The number of allylic oxidation sites excluding steroid dienone is 10. The highest BCUT2D eigenvalue weighted by atomic mass is 16.7. The second kappa shape index (κ2) is 24.5. The average Bonchev–Trinajstić information content (AvgIpc) is 2.98. The van der Waals surface area contributed by atoms with Gasteiger partial charge < -0.3 is 39.4 Å². The van der Waals surface area contributed by atoms with Crippen LogP contribution >= 0.6 is 0 Å². The Labute approximate surface area is 245 Å². The highest BCUT2D eigenvalue weighted by Crippen LogP contribution is 2.22. The fourth-order valence-corrected chi connectivity index (χ4v) is 3.84. The van der Waals surface area contributed by atoms with Crippen molar-refractivity contribution < 1.29 is 44.2 Å². The van der Waals surface area contributed by atoms with Gasteiger partial charge in [0.15, 0.2) is 6.29 Å². The zero-order valence-corrected chi connectivity index (χ0v) is 24.8. The maximum absolute atomic E-state index is 11.8. The standard InChI is InChI=1S/C32H52O9/c1-3-5-6-7-8-9-10-11-12-13-14-15-16-17-18-19-20-21-22-38-24-26(40-28(34)4-2)25-39-32-31(37)30(36)29(35)27(23-33)41-32/h5-6,8-9,11-12,14-15,17-18,26-27,29-33,35-37H,3-4,7,10,13,16,19-25H2,1-2H3/b6-5-,9-8-,12-11-,15-14-,18-17-. The number of aliphatic hydroxyl groups excluding tert-OH is 4. The third-order valence-corrected chi connectivity index (χ3v) is 6.25. The van der Waals surface area contributed by atoms with Gasteiger partial charge in [-0.05, 0) is 51.4 Å². The summed E-state index contributed by atoms with van der Waals surface area (Å²) in [5.74, 6) is -0.422. The second-order valence-corrected chi connectivity index (χ2v) is 9.77. The van der Waals surface area contributed by atoms with Crippen LogP contribution in [0.2, 0.25) is 0 Å². The summed E-state index contributed by atoms with van der Waals surface area (Å²) in [5, 5.41) is 39.2. The lowest BCUT2D eigenvalue weighted by Crippen LogP contribution is -2.59. The molecular formula is C32H52O9. The first kappa shape index (κ1) is 36.9. The van der Waals surface area contributed by atoms with Crippen molar-refractivity contribution in [2.24, 2.45) is 0 Å². The minimum atomic E-state index is -1.54. The van der Waals surface area contributed by atoms with E-state index in [4.69, 9.17) is 18.9 Å². The van der Waals surface area contributed by atoms with Gasteiger partial charge >= 0.3 is 5.97 Å². The molecule has 234 valence electrons. The van der Waals surface area contributed by atoms with E-state index in [0.29, 0.717) is 6.61 Å². The van der Waals surface area contributed by atoms with Gasteiger partial charge in [-0.25, -0.2) is 0 Å². The molecule has 0 spiro atoms. The Hall–Kier alpha value is -2.11. The minimum absolute atomic E-state index is 0.102. The molecule has 41 heavy (non-hydrogen) atoms. The van der Waals surface area contributed by atoms with E-state index in [0.717, 1.165) is 51.4 Å². The summed E-state index contributed by atoms with van der Waals surface area (Å²) in [7, 11) is 0. The van der Waals surface area contributed by atoms with Crippen LogP contribution < -0.4 is 0 Å². The van der Waals surface area contributed by atoms with Crippen LogP contribution in [-0.4, -0.2) is 89.6 Å². The molecule has 1 rings (SSSR count). The van der Waals surface area contributed by atoms with Crippen LogP contribution in [-0.2, 0) is 23.7 Å². The van der Waals surface area contributed by atoms with Crippen molar-refractivity contribution in [3.63, 3.8) is 0 Å². The Morgan fingerprint density at radius 3 is 1.93 bits per heavy atom. The first-order valence-corrected chi connectivity index (χ1v) is 14.9. The van der Waals surface area contributed by atoms with Crippen LogP contribution in [0.3, 0.4) is 0 Å². The Morgan fingerprint density at radius 1 is 0.780 bits per heavy atom. The smallest absolute Gasteiger partial charge is 0.305 e. The molecule has 0 radical (unpaired) electrons. The summed E-state index contributed by atoms with van der Waals surface area (Å²) >= 11 is 0. The van der Waals surface area contributed by atoms with Crippen molar-refractivity contribution in [2.45, 2.75) is 108 Å². The largest absolute Gasteiger partial charge is 0.457 e. The number of rotatable bonds is 22. The molecule has 6 atom stereocenters. The Bertz CT molecular complexity index is 803. The Kier molecular flexibility index (Phi) is 22.0. The SMILES string of the molecule is CC/C=C\C/C=C\C/C=C\C/C=C\C/C=C\CCCCOCC(COC1OC(CO)C(O)C(O)C1O)OC(=O)CC. The molecule has 0 aromatic rings. The molecule has 0 aromatic heterocycles. The summed E-state index contributed by atoms with van der Waals surface area (Å²) in [6.45, 7) is 3.71. The number of hydrogen-bond donors (Lipinski definition) is 4. The molecular weight excluding hydrogens is 528 g/mol. The van der Waals surface area contributed by atoms with Gasteiger partial charge in [0.1, 0.15) is 30.5 Å². The molecule has 1 fully saturated rings. The molecule has 0 aromatic carbocycles. The van der Waals surface area contributed by atoms with E-state index in [-0.39, 0.29) is 19.6 Å². The maximum Gasteiger partial charge on any atom is 0.305 e. The van der Waals surface area contributed by atoms with Crippen LogP contribution in [0.25, 0.3) is 0 Å². The molecule has 9 nitrogen and oxygen atoms in total. The van der Waals surface area contributed by atoms with Gasteiger partial charge in [0.2, 0.25) is 0 Å². The summed E-state index contributed by atoms with van der Waals surface area (Å²) in [4.78, 5) is 11.8. The zero-order valence-electron chi connectivity index (χ0n) is 24.8. The van der Waals surface area contributed by atoms with E-state index >= 15 is 0 Å². The number of hydrogen-bond acceptors (Lipinski definition) is 9. The van der Waals surface area contributed by atoms with Crippen molar-refractivity contribution in [3.8, 4) is 0 Å². The molecule has 1 heterocycles. The van der Waals surface area contributed by atoms with E-state index in [2.05, 4.69) is 67.7 Å². The van der Waals surface area contributed by atoms with Crippen LogP contribution in [0.1, 0.15) is 71.6 Å². The lowest BCUT2D eigenvalue weighted by Gasteiger charge is -2.39. The van der Waals surface area contributed by atoms with Gasteiger partial charge in [-0.3, -0.25) is 4.79 Å². The summed E-state index contributed by atoms with van der Waals surface area (Å²) in [5.41, 5.74) is 0. The summed E-state index contributed by atoms with van der Waals surface area (Å²) < 4.78 is 21.9. The highest BCUT2D eigenvalue weighted by molar-refractivity contribution is 5.69. The monoisotopic (exact) mass is 580 g/mol. The maximum atomic E-state index is 11.8. The van der Waals surface area contributed by atoms with Gasteiger partial charge in [-0.2, -0.15) is 0 Å². The van der Waals surface area contributed by atoms with Crippen LogP contribution in [0.5, 0.6) is 0 Å². The number of carbonyl (C=O) groups excluding carboxylic acids is 1. The second-order valence-electron chi connectivity index (χ2n) is 9.77. The molecule has 0 saturated carbocycles. The number of aliphatic hydroxyl groups is 4. The molecule has 1 aliphatic rings. The number of ether oxygens (including phenoxy) is 4. The molecule has 0 aliphatic carbocycles. The van der Waals surface area contributed by atoms with Gasteiger partial charge in [0.25, 0.3) is 0 Å². The summed E-state index contributed by atoms with van der Waals surface area (Å²) in [6, 6.07) is 0. The fourth-order valence-electron chi connectivity index (χ4n) is 3.84. The number of carbonyl (C=O) groups is 1. The minimum Gasteiger partial charge on any atom is -0.457 e. The first-order valence-electron chi connectivity index (χ1n) is 14.9. The number of esters is 1. The number of unbranched alkanes of at least 4 members (excludes halogenated alkanes) is 2. The van der Waals surface area contributed by atoms with Crippen molar-refractivity contribution in [2.75, 3.05) is 26.4 Å². The van der Waals surface area contributed by atoms with Gasteiger partial charge in [0.05, 0.1) is 19.8 Å². The third-order valence-electron chi connectivity index (χ3n) is 6.25. The molecule has 9 heteroatoms. The predicted molar refractivity (Wildman–Crippen MR) is 159 cm³/mol. The highest BCUT2D eigenvalue weighted by Gasteiger charge is 2.44. The third kappa shape index (κ3) is 17.4. The van der Waals surface area contributed by atoms with Gasteiger partial charge in [-0.1, -0.05) is 74.6 Å². The van der Waals surface area contributed by atoms with E-state index in [1.807, 2.05) is 0 Å². The van der Waals surface area contributed by atoms with E-state index in [9.17, 15) is 25.2 Å². The molecule has 1 saturated heterocycles. The van der Waals surface area contributed by atoms with Crippen LogP contribution in [0, 0.1) is 0 Å². The van der Waals surface area contributed by atoms with E-state index in [1.165, 1.54) is 0 Å². The van der Waals surface area contributed by atoms with Crippen molar-refractivity contribution >= 4 is 5.97 Å². The van der Waals surface area contributed by atoms with Crippen molar-refractivity contribution in [1.29, 1.82) is 0 Å². The molecule has 0 bridgehead atoms. The first-order chi connectivity index (χ1) is 19.9. The molecule has 4 N–H and O–H groups in total. The quantitative estimate of drug-likeness (QED) is 0.0849. The van der Waals surface area contributed by atoms with Crippen molar-refractivity contribution in [3.05, 3.63) is 60.8 Å². The lowest BCUT2D eigenvalue weighted by molar-refractivity contribution is -0.305. The van der Waals surface area contributed by atoms with Crippen LogP contribution in [0.15, 0.2) is 60.8 Å². The molecule has 1 aliphatic heterocycles. The normalized spacial score (nSPS) is 24.5. The van der Waals surface area contributed by atoms with Gasteiger partial charge in [0, 0.05) is 13.0 Å². The summed E-state index contributed by atoms with van der Waals surface area (Å²) in [6.07, 6.45) is 22.0. The lowest BCUT2D eigenvalue weighted by atomic mass is 9.99. The fraction of sp³-hybridized carbons (Fsp3) is 0.656. The average molecular weight is 581 g/mol. The van der Waals surface area contributed by atoms with Gasteiger partial charge in [-0.15, -0.1) is 0 Å². The van der Waals surface area contributed by atoms with E-state index < -0.39 is 49.4 Å². The van der Waals surface area contributed by atoms with Crippen LogP contribution in [0.4, 0.5) is 0 Å².